The number of alkyl halides is 6. The van der Waals surface area contributed by atoms with Gasteiger partial charge in [-0.3, -0.25) is 0 Å². The molecule has 9 heteroatoms. The fourth-order valence-electron chi connectivity index (χ4n) is 7.12. The highest BCUT2D eigenvalue weighted by Crippen LogP contribution is 2.45. The van der Waals surface area contributed by atoms with Crippen molar-refractivity contribution in [2.75, 3.05) is 19.6 Å². The average Bonchev–Trinajstić information content (AvgIpc) is 3.38. The zero-order chi connectivity index (χ0) is 28.4. The molecule has 3 aliphatic rings. The van der Waals surface area contributed by atoms with Gasteiger partial charge in [0.05, 0.1) is 18.1 Å². The molecule has 1 aromatic rings. The van der Waals surface area contributed by atoms with Crippen molar-refractivity contribution >= 4 is 0 Å². The Morgan fingerprint density at radius 3 is 2.36 bits per heavy atom. The number of aliphatic hydroxyl groups excluding tert-OH is 1. The Labute approximate surface area is 226 Å². The van der Waals surface area contributed by atoms with Gasteiger partial charge in [0, 0.05) is 19.6 Å². The summed E-state index contributed by atoms with van der Waals surface area (Å²) < 4.78 is 92.1. The second-order valence-electron chi connectivity index (χ2n) is 12.3. The van der Waals surface area contributed by atoms with Gasteiger partial charge in [0.25, 0.3) is 0 Å². The third-order valence-electron chi connectivity index (χ3n) is 9.13. The van der Waals surface area contributed by atoms with Crippen molar-refractivity contribution in [2.45, 2.75) is 89.6 Å². The van der Waals surface area contributed by atoms with E-state index in [1.54, 1.807) is 0 Å². The standard InChI is InChI=1S/C30H40F7NO/c1-19-4-2-3-5-22(8-6-19)28(39)23(12-20-7-9-27(31)26(16-20)30(35,36)37)13-21-14-24-17-38(18-25(24)15-21)11-10-29(32,33)34/h7-9,16,19,21,23-25,28,39H,2-6,10-15,17-18H2,1H3. The first-order valence-electron chi connectivity index (χ1n) is 14.3. The fraction of sp³-hybridized carbons (Fsp3) is 0.733. The lowest BCUT2D eigenvalue weighted by molar-refractivity contribution is -0.140. The Kier molecular flexibility index (Phi) is 9.73. The summed E-state index contributed by atoms with van der Waals surface area (Å²) in [6, 6.07) is 3.10. The van der Waals surface area contributed by atoms with Crippen LogP contribution in [0.25, 0.3) is 0 Å². The van der Waals surface area contributed by atoms with Crippen LogP contribution in [-0.2, 0) is 12.6 Å². The second-order valence-corrected chi connectivity index (χ2v) is 12.3. The van der Waals surface area contributed by atoms with Gasteiger partial charge >= 0.3 is 12.4 Å². The van der Waals surface area contributed by atoms with Crippen LogP contribution in [0.2, 0.25) is 0 Å². The number of aliphatic hydroxyl groups is 1. The summed E-state index contributed by atoms with van der Waals surface area (Å²) in [4.78, 5) is 1.89. The van der Waals surface area contributed by atoms with Crippen LogP contribution in [0.4, 0.5) is 30.7 Å². The fourth-order valence-corrected chi connectivity index (χ4v) is 7.12. The Balaban J connectivity index is 1.47. The third-order valence-corrected chi connectivity index (χ3v) is 9.13. The minimum Gasteiger partial charge on any atom is -0.388 e. The lowest BCUT2D eigenvalue weighted by atomic mass is 9.79. The quantitative estimate of drug-likeness (QED) is 0.255. The van der Waals surface area contributed by atoms with E-state index in [2.05, 4.69) is 13.0 Å². The second kappa shape index (κ2) is 12.5. The van der Waals surface area contributed by atoms with Crippen LogP contribution in [0.5, 0.6) is 0 Å². The molecule has 5 unspecified atom stereocenters. The molecule has 1 N–H and O–H groups in total. The molecule has 1 heterocycles. The SMILES string of the molecule is CC1CC=C(C(O)C(Cc2ccc(F)c(C(F)(F)F)c2)CC2CC3CN(CCC(F)(F)F)CC3C2)CCCC1. The Bertz CT molecular complexity index is 975. The zero-order valence-electron chi connectivity index (χ0n) is 22.5. The van der Waals surface area contributed by atoms with Crippen molar-refractivity contribution in [1.29, 1.82) is 0 Å². The van der Waals surface area contributed by atoms with E-state index in [-0.39, 0.29) is 24.8 Å². The number of rotatable bonds is 8. The number of hydrogen-bond acceptors (Lipinski definition) is 2. The first kappa shape index (κ1) is 30.4. The van der Waals surface area contributed by atoms with Crippen LogP contribution < -0.4 is 0 Å². The van der Waals surface area contributed by atoms with E-state index in [4.69, 9.17) is 0 Å². The van der Waals surface area contributed by atoms with Gasteiger partial charge in [-0.15, -0.1) is 0 Å². The van der Waals surface area contributed by atoms with Gasteiger partial charge in [0.15, 0.2) is 0 Å². The zero-order valence-corrected chi connectivity index (χ0v) is 22.5. The summed E-state index contributed by atoms with van der Waals surface area (Å²) >= 11 is 0. The van der Waals surface area contributed by atoms with Crippen LogP contribution in [0.15, 0.2) is 29.8 Å². The number of nitrogens with zero attached hydrogens (tertiary/aromatic N) is 1. The van der Waals surface area contributed by atoms with Crippen LogP contribution >= 0.6 is 0 Å². The molecule has 2 nitrogen and oxygen atoms in total. The molecule has 5 atom stereocenters. The lowest BCUT2D eigenvalue weighted by Crippen LogP contribution is -2.29. The molecule has 39 heavy (non-hydrogen) atoms. The number of halogens is 7. The topological polar surface area (TPSA) is 23.5 Å². The largest absolute Gasteiger partial charge is 0.419 e. The Morgan fingerprint density at radius 1 is 1.03 bits per heavy atom. The molecular formula is C30H40F7NO. The molecule has 4 rings (SSSR count). The molecule has 2 fully saturated rings. The van der Waals surface area contributed by atoms with Crippen LogP contribution in [-0.4, -0.2) is 41.9 Å². The van der Waals surface area contributed by atoms with Crippen molar-refractivity contribution in [3.8, 4) is 0 Å². The summed E-state index contributed by atoms with van der Waals surface area (Å²) in [5, 5.41) is 11.6. The molecule has 0 spiro atoms. The number of likely N-dealkylation sites (tertiary alicyclic amines) is 1. The molecule has 1 aliphatic heterocycles. The first-order chi connectivity index (χ1) is 18.3. The summed E-state index contributed by atoms with van der Waals surface area (Å²) in [6.45, 7) is 3.47. The smallest absolute Gasteiger partial charge is 0.388 e. The minimum atomic E-state index is -4.80. The lowest BCUT2D eigenvalue weighted by Gasteiger charge is -2.30. The number of hydrogen-bond donors (Lipinski definition) is 1. The monoisotopic (exact) mass is 563 g/mol. The van der Waals surface area contributed by atoms with Gasteiger partial charge in [-0.05, 0) is 97.8 Å². The minimum absolute atomic E-state index is 0.0151. The summed E-state index contributed by atoms with van der Waals surface area (Å²) in [5.74, 6) is -0.247. The number of fused-ring (bicyclic) bond motifs is 1. The van der Waals surface area contributed by atoms with Gasteiger partial charge in [0.2, 0.25) is 0 Å². The highest BCUT2D eigenvalue weighted by molar-refractivity contribution is 5.28. The van der Waals surface area contributed by atoms with Crippen molar-refractivity contribution in [3.05, 3.63) is 46.8 Å². The number of benzene rings is 1. The van der Waals surface area contributed by atoms with E-state index in [0.29, 0.717) is 42.8 Å². The van der Waals surface area contributed by atoms with Crippen molar-refractivity contribution in [2.24, 2.45) is 29.6 Å². The molecule has 0 aromatic heterocycles. The van der Waals surface area contributed by atoms with Crippen LogP contribution in [0.1, 0.15) is 75.8 Å². The van der Waals surface area contributed by atoms with E-state index in [1.807, 2.05) is 4.90 Å². The number of allylic oxidation sites excluding steroid dienone is 1. The Hall–Kier alpha value is -1.61. The van der Waals surface area contributed by atoms with E-state index in [9.17, 15) is 35.8 Å². The maximum Gasteiger partial charge on any atom is 0.419 e. The van der Waals surface area contributed by atoms with Gasteiger partial charge in [-0.2, -0.15) is 26.3 Å². The summed E-state index contributed by atoms with van der Waals surface area (Å²) in [5.41, 5.74) is 0.00640. The van der Waals surface area contributed by atoms with Gasteiger partial charge in [0.1, 0.15) is 5.82 Å². The summed E-state index contributed by atoms with van der Waals surface area (Å²) in [6.07, 6.45) is -1.16. The maximum atomic E-state index is 13.9. The molecule has 0 amide bonds. The predicted octanol–water partition coefficient (Wildman–Crippen LogP) is 8.19. The van der Waals surface area contributed by atoms with E-state index in [0.717, 1.165) is 62.7 Å². The summed E-state index contributed by atoms with van der Waals surface area (Å²) in [7, 11) is 0. The van der Waals surface area contributed by atoms with Crippen molar-refractivity contribution in [3.63, 3.8) is 0 Å². The molecule has 220 valence electrons. The predicted molar refractivity (Wildman–Crippen MR) is 136 cm³/mol. The van der Waals surface area contributed by atoms with E-state index in [1.165, 1.54) is 6.07 Å². The highest BCUT2D eigenvalue weighted by Gasteiger charge is 2.43. The maximum absolute atomic E-state index is 13.9. The van der Waals surface area contributed by atoms with Crippen LogP contribution in [0, 0.1) is 35.4 Å². The normalized spacial score (nSPS) is 28.5. The van der Waals surface area contributed by atoms with Gasteiger partial charge in [-0.1, -0.05) is 31.9 Å². The molecule has 0 radical (unpaired) electrons. The molecule has 1 aromatic carbocycles. The molecule has 1 saturated heterocycles. The van der Waals surface area contributed by atoms with Gasteiger partial charge in [-0.25, -0.2) is 4.39 Å². The Morgan fingerprint density at radius 2 is 1.72 bits per heavy atom. The molecule has 1 saturated carbocycles. The van der Waals surface area contributed by atoms with Crippen molar-refractivity contribution < 1.29 is 35.8 Å². The average molecular weight is 564 g/mol. The van der Waals surface area contributed by atoms with Crippen LogP contribution in [0.3, 0.4) is 0 Å². The van der Waals surface area contributed by atoms with Crippen molar-refractivity contribution in [1.82, 2.24) is 4.90 Å². The highest BCUT2D eigenvalue weighted by atomic mass is 19.4. The van der Waals surface area contributed by atoms with E-state index >= 15 is 0 Å². The van der Waals surface area contributed by atoms with E-state index < -0.39 is 36.3 Å². The third kappa shape index (κ3) is 8.44. The molecule has 0 bridgehead atoms. The molecular weight excluding hydrogens is 523 g/mol. The molecule has 2 aliphatic carbocycles. The van der Waals surface area contributed by atoms with Gasteiger partial charge < -0.3 is 10.0 Å². The first-order valence-corrected chi connectivity index (χ1v) is 14.3.